The van der Waals surface area contributed by atoms with Crippen LogP contribution in [0.3, 0.4) is 0 Å². The Labute approximate surface area is 117 Å². The van der Waals surface area contributed by atoms with E-state index in [-0.39, 0.29) is 5.91 Å². The molecular weight excluding hydrogens is 264 g/mol. The Bertz CT molecular complexity index is 460. The summed E-state index contributed by atoms with van der Waals surface area (Å²) in [6, 6.07) is -1.38. The molecule has 0 fully saturated rings. The minimum Gasteiger partial charge on any atom is -0.352 e. The summed E-state index contributed by atoms with van der Waals surface area (Å²) in [6.07, 6.45) is 1.00. The Kier molecular flexibility index (Phi) is 5.29. The van der Waals surface area contributed by atoms with Gasteiger partial charge in [-0.3, -0.25) is 9.69 Å². The number of hydrogen-bond acceptors (Lipinski definition) is 4. The van der Waals surface area contributed by atoms with Crippen molar-refractivity contribution >= 4 is 28.4 Å². The van der Waals surface area contributed by atoms with Crippen molar-refractivity contribution in [1.29, 1.82) is 0 Å². The molecule has 0 spiro atoms. The van der Waals surface area contributed by atoms with Gasteiger partial charge in [-0.15, -0.1) is 11.3 Å². The van der Waals surface area contributed by atoms with E-state index in [1.54, 1.807) is 14.0 Å². The minimum atomic E-state index is -0.714. The van der Waals surface area contributed by atoms with E-state index in [9.17, 15) is 9.59 Å². The van der Waals surface area contributed by atoms with Crippen LogP contribution in [0.2, 0.25) is 0 Å². The summed E-state index contributed by atoms with van der Waals surface area (Å²) >= 11 is 1.42. The highest BCUT2D eigenvalue weighted by atomic mass is 32.1. The molecule has 0 saturated carbocycles. The summed E-state index contributed by atoms with van der Waals surface area (Å²) in [4.78, 5) is 28.7. The number of carbonyl (C=O) groups excluding carboxylic acids is 2. The second-order valence-corrected chi connectivity index (χ2v) is 5.33. The highest BCUT2D eigenvalue weighted by molar-refractivity contribution is 7.14. The molecule has 0 bridgehead atoms. The molecule has 0 radical (unpaired) electrons. The first-order valence-corrected chi connectivity index (χ1v) is 7.03. The molecule has 2 atom stereocenters. The predicted octanol–water partition coefficient (Wildman–Crippen LogP) is 1.68. The molecule has 0 aromatic carbocycles. The number of likely N-dealkylation sites (N-methyl/N-ethyl adjacent to an activating group) is 1. The van der Waals surface area contributed by atoms with Gasteiger partial charge in [0, 0.05) is 12.4 Å². The summed E-state index contributed by atoms with van der Waals surface area (Å²) < 4.78 is 0. The van der Waals surface area contributed by atoms with Gasteiger partial charge in [-0.2, -0.15) is 0 Å². The highest BCUT2D eigenvalue weighted by Crippen LogP contribution is 2.26. The van der Waals surface area contributed by atoms with Gasteiger partial charge in [0.15, 0.2) is 5.13 Å². The standard InChI is InChI=1S/C12H20N4O2S/c1-5-7(2)9-6-19-12(15-9)16(4)10(17)8(3)14-11(13)18/h6-8H,5H2,1-4H3,(H3,13,14,18). The van der Waals surface area contributed by atoms with Crippen molar-refractivity contribution in [2.45, 2.75) is 39.2 Å². The van der Waals surface area contributed by atoms with Gasteiger partial charge in [-0.25, -0.2) is 9.78 Å². The molecule has 2 unspecified atom stereocenters. The van der Waals surface area contributed by atoms with Crippen molar-refractivity contribution in [3.63, 3.8) is 0 Å². The van der Waals surface area contributed by atoms with Crippen LogP contribution in [0.15, 0.2) is 5.38 Å². The quantitative estimate of drug-likeness (QED) is 0.862. The van der Waals surface area contributed by atoms with Gasteiger partial charge in [-0.1, -0.05) is 13.8 Å². The van der Waals surface area contributed by atoms with Gasteiger partial charge in [0.05, 0.1) is 5.69 Å². The van der Waals surface area contributed by atoms with E-state index >= 15 is 0 Å². The third-order valence-corrected chi connectivity index (χ3v) is 3.91. The number of nitrogens with one attached hydrogen (secondary N) is 1. The van der Waals surface area contributed by atoms with Crippen LogP contribution >= 0.6 is 11.3 Å². The van der Waals surface area contributed by atoms with Crippen LogP contribution in [0.5, 0.6) is 0 Å². The second-order valence-electron chi connectivity index (χ2n) is 4.49. The molecule has 0 aliphatic carbocycles. The lowest BCUT2D eigenvalue weighted by Crippen LogP contribution is -2.47. The van der Waals surface area contributed by atoms with E-state index in [1.165, 1.54) is 16.2 Å². The Morgan fingerprint density at radius 1 is 1.53 bits per heavy atom. The van der Waals surface area contributed by atoms with Crippen LogP contribution in [0.4, 0.5) is 9.93 Å². The number of rotatable bonds is 5. The monoisotopic (exact) mass is 284 g/mol. The Morgan fingerprint density at radius 3 is 2.68 bits per heavy atom. The summed E-state index contributed by atoms with van der Waals surface area (Å²) in [5.41, 5.74) is 5.98. The van der Waals surface area contributed by atoms with Crippen molar-refractivity contribution in [3.05, 3.63) is 11.1 Å². The van der Waals surface area contributed by atoms with Gasteiger partial charge in [0.25, 0.3) is 5.91 Å². The lowest BCUT2D eigenvalue weighted by atomic mass is 10.1. The zero-order chi connectivity index (χ0) is 14.6. The summed E-state index contributed by atoms with van der Waals surface area (Å²) in [5, 5.41) is 4.94. The van der Waals surface area contributed by atoms with E-state index in [0.717, 1.165) is 12.1 Å². The molecule has 0 saturated heterocycles. The zero-order valence-electron chi connectivity index (χ0n) is 11.6. The molecule has 1 aromatic heterocycles. The molecule has 1 heterocycles. The van der Waals surface area contributed by atoms with Crippen molar-refractivity contribution in [2.75, 3.05) is 11.9 Å². The smallest absolute Gasteiger partial charge is 0.312 e. The molecule has 1 aromatic rings. The topological polar surface area (TPSA) is 88.3 Å². The predicted molar refractivity (Wildman–Crippen MR) is 76.4 cm³/mol. The molecule has 19 heavy (non-hydrogen) atoms. The largest absolute Gasteiger partial charge is 0.352 e. The molecule has 3 amide bonds. The van der Waals surface area contributed by atoms with Gasteiger partial charge in [0.2, 0.25) is 0 Å². The molecule has 7 heteroatoms. The molecule has 0 aliphatic rings. The number of amides is 3. The van der Waals surface area contributed by atoms with Crippen LogP contribution in [0, 0.1) is 0 Å². The number of urea groups is 1. The third-order valence-electron chi connectivity index (χ3n) is 2.97. The summed E-state index contributed by atoms with van der Waals surface area (Å²) in [5.74, 6) is 0.124. The Hall–Kier alpha value is -1.63. The Balaban J connectivity index is 2.76. The summed E-state index contributed by atoms with van der Waals surface area (Å²) in [7, 11) is 1.64. The van der Waals surface area contributed by atoms with Gasteiger partial charge in [-0.05, 0) is 19.3 Å². The van der Waals surface area contributed by atoms with Crippen molar-refractivity contribution in [2.24, 2.45) is 5.73 Å². The first-order valence-electron chi connectivity index (χ1n) is 6.15. The maximum absolute atomic E-state index is 12.0. The van der Waals surface area contributed by atoms with Gasteiger partial charge < -0.3 is 11.1 Å². The third kappa shape index (κ3) is 3.92. The molecule has 1 rings (SSSR count). The lowest BCUT2D eigenvalue weighted by molar-refractivity contribution is -0.119. The Morgan fingerprint density at radius 2 is 2.16 bits per heavy atom. The fourth-order valence-electron chi connectivity index (χ4n) is 1.53. The van der Waals surface area contributed by atoms with Crippen LogP contribution in [0.1, 0.15) is 38.8 Å². The van der Waals surface area contributed by atoms with Gasteiger partial charge >= 0.3 is 6.03 Å². The van der Waals surface area contributed by atoms with Crippen LogP contribution in [-0.2, 0) is 4.79 Å². The number of hydrogen-bond donors (Lipinski definition) is 2. The van der Waals surface area contributed by atoms with Crippen molar-refractivity contribution < 1.29 is 9.59 Å². The van der Waals surface area contributed by atoms with Crippen LogP contribution < -0.4 is 16.0 Å². The van der Waals surface area contributed by atoms with Gasteiger partial charge in [0.1, 0.15) is 6.04 Å². The maximum Gasteiger partial charge on any atom is 0.312 e. The highest BCUT2D eigenvalue weighted by Gasteiger charge is 2.22. The number of nitrogens with zero attached hydrogens (tertiary/aromatic N) is 2. The lowest BCUT2D eigenvalue weighted by Gasteiger charge is -2.19. The van der Waals surface area contributed by atoms with E-state index in [0.29, 0.717) is 11.0 Å². The van der Waals surface area contributed by atoms with E-state index in [4.69, 9.17) is 5.73 Å². The fraction of sp³-hybridized carbons (Fsp3) is 0.583. The number of thiazole rings is 1. The van der Waals surface area contributed by atoms with Crippen LogP contribution in [0.25, 0.3) is 0 Å². The van der Waals surface area contributed by atoms with E-state index < -0.39 is 12.1 Å². The number of carbonyl (C=O) groups is 2. The fourth-order valence-corrected chi connectivity index (χ4v) is 2.44. The van der Waals surface area contributed by atoms with Crippen LogP contribution in [-0.4, -0.2) is 30.0 Å². The first-order chi connectivity index (χ1) is 8.86. The van der Waals surface area contributed by atoms with Crippen molar-refractivity contribution in [1.82, 2.24) is 10.3 Å². The van der Waals surface area contributed by atoms with E-state index in [2.05, 4.69) is 24.1 Å². The molecule has 3 N–H and O–H groups in total. The molecule has 6 nitrogen and oxygen atoms in total. The van der Waals surface area contributed by atoms with E-state index in [1.807, 2.05) is 5.38 Å². The minimum absolute atomic E-state index is 0.246. The zero-order valence-corrected chi connectivity index (χ0v) is 12.5. The van der Waals surface area contributed by atoms with Crippen molar-refractivity contribution in [3.8, 4) is 0 Å². The number of aromatic nitrogens is 1. The maximum atomic E-state index is 12.0. The normalized spacial score (nSPS) is 13.7. The average molecular weight is 284 g/mol. The summed E-state index contributed by atoms with van der Waals surface area (Å²) in [6.45, 7) is 5.78. The number of anilines is 1. The SMILES string of the molecule is CCC(C)c1csc(N(C)C(=O)C(C)NC(N)=O)n1. The number of nitrogens with two attached hydrogens (primary N) is 1. The number of primary amides is 1. The molecular formula is C12H20N4O2S. The first kappa shape index (κ1) is 15.4. The average Bonchev–Trinajstić information content (AvgIpc) is 2.84. The molecule has 0 aliphatic heterocycles. The molecule has 106 valence electrons. The second kappa shape index (κ2) is 6.51.